The van der Waals surface area contributed by atoms with Crippen molar-refractivity contribution in [3.8, 4) is 0 Å². The van der Waals surface area contributed by atoms with Crippen LogP contribution in [0.3, 0.4) is 0 Å². The Labute approximate surface area is 139 Å². The predicted octanol–water partition coefficient (Wildman–Crippen LogP) is 3.01. The van der Waals surface area contributed by atoms with Crippen molar-refractivity contribution in [2.24, 2.45) is 5.73 Å². The molecule has 118 valence electrons. The number of hydrogen-bond donors (Lipinski definition) is 3. The zero-order chi connectivity index (χ0) is 16.2. The molecule has 3 aromatic rings. The van der Waals surface area contributed by atoms with Crippen molar-refractivity contribution in [3.63, 3.8) is 0 Å². The Morgan fingerprint density at radius 3 is 2.70 bits per heavy atom. The summed E-state index contributed by atoms with van der Waals surface area (Å²) in [6, 6.07) is 14.8. The molecule has 2 aromatic carbocycles. The van der Waals surface area contributed by atoms with E-state index in [9.17, 15) is 4.79 Å². The number of para-hydroxylation sites is 1. The summed E-state index contributed by atoms with van der Waals surface area (Å²) < 4.78 is 0. The molecular weight excluding hydrogens is 310 g/mol. The Balaban J connectivity index is 1.60. The Morgan fingerprint density at radius 2 is 1.91 bits per heavy atom. The molecule has 0 bridgehead atoms. The van der Waals surface area contributed by atoms with Crippen LogP contribution in [-0.2, 0) is 17.8 Å². The fourth-order valence-electron chi connectivity index (χ4n) is 2.55. The maximum atomic E-state index is 12.2. The Kier molecular flexibility index (Phi) is 4.65. The zero-order valence-corrected chi connectivity index (χ0v) is 13.3. The summed E-state index contributed by atoms with van der Waals surface area (Å²) in [5, 5.41) is 4.64. The van der Waals surface area contributed by atoms with Crippen molar-refractivity contribution in [2.75, 3.05) is 0 Å². The van der Waals surface area contributed by atoms with E-state index in [1.807, 2.05) is 42.6 Å². The van der Waals surface area contributed by atoms with E-state index in [1.54, 1.807) is 12.1 Å². The van der Waals surface area contributed by atoms with Gasteiger partial charge in [0, 0.05) is 28.7 Å². The van der Waals surface area contributed by atoms with Crippen LogP contribution < -0.4 is 11.1 Å². The normalized spacial score (nSPS) is 12.3. The number of benzene rings is 2. The van der Waals surface area contributed by atoms with Crippen molar-refractivity contribution in [3.05, 3.63) is 70.9 Å². The van der Waals surface area contributed by atoms with Crippen LogP contribution in [0.5, 0.6) is 0 Å². The maximum Gasteiger partial charge on any atom is 0.237 e. The SMILES string of the molecule is N[C@@H](Cc1c[nH]c2ccccc12)C(=O)NCc1ccc(Cl)cc1. The van der Waals surface area contributed by atoms with Gasteiger partial charge in [0.15, 0.2) is 0 Å². The Morgan fingerprint density at radius 1 is 1.17 bits per heavy atom. The summed E-state index contributed by atoms with van der Waals surface area (Å²) in [7, 11) is 0. The van der Waals surface area contributed by atoms with Crippen molar-refractivity contribution in [1.29, 1.82) is 0 Å². The van der Waals surface area contributed by atoms with Crippen LogP contribution in [-0.4, -0.2) is 16.9 Å². The van der Waals surface area contributed by atoms with Gasteiger partial charge in [-0.1, -0.05) is 41.9 Å². The number of H-pyrrole nitrogens is 1. The summed E-state index contributed by atoms with van der Waals surface area (Å²) in [5.41, 5.74) is 9.13. The second kappa shape index (κ2) is 6.86. The van der Waals surface area contributed by atoms with E-state index in [0.717, 1.165) is 22.0 Å². The summed E-state index contributed by atoms with van der Waals surface area (Å²) in [4.78, 5) is 15.4. The first-order valence-corrected chi connectivity index (χ1v) is 7.84. The van der Waals surface area contributed by atoms with E-state index in [-0.39, 0.29) is 5.91 Å². The molecule has 0 saturated carbocycles. The minimum Gasteiger partial charge on any atom is -0.361 e. The number of fused-ring (bicyclic) bond motifs is 1. The molecule has 1 aromatic heterocycles. The lowest BCUT2D eigenvalue weighted by Crippen LogP contribution is -2.41. The van der Waals surface area contributed by atoms with E-state index < -0.39 is 6.04 Å². The number of carbonyl (C=O) groups is 1. The van der Waals surface area contributed by atoms with Gasteiger partial charge in [0.1, 0.15) is 0 Å². The van der Waals surface area contributed by atoms with Crippen LogP contribution in [0.4, 0.5) is 0 Å². The molecule has 0 aliphatic heterocycles. The highest BCUT2D eigenvalue weighted by Gasteiger charge is 2.15. The molecule has 0 radical (unpaired) electrons. The third-order valence-corrected chi connectivity index (χ3v) is 4.08. The minimum absolute atomic E-state index is 0.162. The number of halogens is 1. The second-order valence-corrected chi connectivity index (χ2v) is 5.95. The van der Waals surface area contributed by atoms with E-state index >= 15 is 0 Å². The van der Waals surface area contributed by atoms with Crippen molar-refractivity contribution < 1.29 is 4.79 Å². The fourth-order valence-corrected chi connectivity index (χ4v) is 2.68. The lowest BCUT2D eigenvalue weighted by molar-refractivity contribution is -0.122. The molecule has 4 N–H and O–H groups in total. The van der Waals surface area contributed by atoms with Gasteiger partial charge in [0.05, 0.1) is 6.04 Å². The number of aromatic nitrogens is 1. The van der Waals surface area contributed by atoms with Gasteiger partial charge in [-0.2, -0.15) is 0 Å². The van der Waals surface area contributed by atoms with Crippen LogP contribution in [0.2, 0.25) is 5.02 Å². The molecule has 0 unspecified atom stereocenters. The quantitative estimate of drug-likeness (QED) is 0.674. The Bertz CT molecular complexity index is 811. The zero-order valence-electron chi connectivity index (χ0n) is 12.6. The molecule has 0 aliphatic carbocycles. The van der Waals surface area contributed by atoms with Gasteiger partial charge in [-0.05, 0) is 35.7 Å². The van der Waals surface area contributed by atoms with E-state index in [1.165, 1.54) is 0 Å². The molecule has 0 spiro atoms. The third-order valence-electron chi connectivity index (χ3n) is 3.83. The van der Waals surface area contributed by atoms with Crippen molar-refractivity contribution >= 4 is 28.4 Å². The molecule has 1 heterocycles. The topological polar surface area (TPSA) is 70.9 Å². The Hall–Kier alpha value is -2.30. The average Bonchev–Trinajstić information content (AvgIpc) is 2.97. The molecule has 23 heavy (non-hydrogen) atoms. The van der Waals surface area contributed by atoms with Gasteiger partial charge in [-0.15, -0.1) is 0 Å². The summed E-state index contributed by atoms with van der Waals surface area (Å²) >= 11 is 5.84. The largest absolute Gasteiger partial charge is 0.361 e. The van der Waals surface area contributed by atoms with Crippen molar-refractivity contribution in [1.82, 2.24) is 10.3 Å². The highest BCUT2D eigenvalue weighted by molar-refractivity contribution is 6.30. The number of aromatic amines is 1. The van der Waals surface area contributed by atoms with Gasteiger partial charge in [-0.3, -0.25) is 4.79 Å². The predicted molar refractivity (Wildman–Crippen MR) is 93.3 cm³/mol. The first kappa shape index (κ1) is 15.6. The molecule has 0 aliphatic rings. The fraction of sp³-hybridized carbons (Fsp3) is 0.167. The molecular formula is C18H18ClN3O. The lowest BCUT2D eigenvalue weighted by atomic mass is 10.0. The number of rotatable bonds is 5. The summed E-state index contributed by atoms with van der Waals surface area (Å²) in [5.74, 6) is -0.162. The van der Waals surface area contributed by atoms with Crippen LogP contribution in [0.1, 0.15) is 11.1 Å². The van der Waals surface area contributed by atoms with Crippen LogP contribution in [0, 0.1) is 0 Å². The van der Waals surface area contributed by atoms with Gasteiger partial charge >= 0.3 is 0 Å². The number of amides is 1. The second-order valence-electron chi connectivity index (χ2n) is 5.51. The molecule has 5 heteroatoms. The number of nitrogens with one attached hydrogen (secondary N) is 2. The monoisotopic (exact) mass is 327 g/mol. The van der Waals surface area contributed by atoms with Crippen LogP contribution in [0.15, 0.2) is 54.7 Å². The highest BCUT2D eigenvalue weighted by atomic mass is 35.5. The van der Waals surface area contributed by atoms with Gasteiger partial charge in [0.25, 0.3) is 0 Å². The molecule has 4 nitrogen and oxygen atoms in total. The average molecular weight is 328 g/mol. The number of hydrogen-bond acceptors (Lipinski definition) is 2. The maximum absolute atomic E-state index is 12.2. The van der Waals surface area contributed by atoms with Crippen LogP contribution in [0.25, 0.3) is 10.9 Å². The summed E-state index contributed by atoms with van der Waals surface area (Å²) in [6.07, 6.45) is 2.41. The van der Waals surface area contributed by atoms with E-state index in [0.29, 0.717) is 18.0 Å². The van der Waals surface area contributed by atoms with Crippen molar-refractivity contribution in [2.45, 2.75) is 19.0 Å². The van der Waals surface area contributed by atoms with Crippen LogP contribution >= 0.6 is 11.6 Å². The molecule has 0 saturated heterocycles. The molecule has 1 atom stereocenters. The number of carbonyl (C=O) groups excluding carboxylic acids is 1. The smallest absolute Gasteiger partial charge is 0.237 e. The standard InChI is InChI=1S/C18H18ClN3O/c19-14-7-5-12(6-8-14)10-22-18(23)16(20)9-13-11-21-17-4-2-1-3-15(13)17/h1-8,11,16,21H,9-10,20H2,(H,22,23)/t16-/m0/s1. The van der Waals surface area contributed by atoms with Gasteiger partial charge in [0.2, 0.25) is 5.91 Å². The molecule has 3 rings (SSSR count). The third kappa shape index (κ3) is 3.73. The lowest BCUT2D eigenvalue weighted by Gasteiger charge is -2.12. The minimum atomic E-state index is -0.582. The van der Waals surface area contributed by atoms with E-state index in [2.05, 4.69) is 10.3 Å². The molecule has 1 amide bonds. The van der Waals surface area contributed by atoms with E-state index in [4.69, 9.17) is 17.3 Å². The van der Waals surface area contributed by atoms with Gasteiger partial charge in [-0.25, -0.2) is 0 Å². The number of nitrogens with two attached hydrogens (primary N) is 1. The first-order chi connectivity index (χ1) is 11.1. The first-order valence-electron chi connectivity index (χ1n) is 7.46. The summed E-state index contributed by atoms with van der Waals surface area (Å²) in [6.45, 7) is 0.442. The van der Waals surface area contributed by atoms with Gasteiger partial charge < -0.3 is 16.0 Å². The highest BCUT2D eigenvalue weighted by Crippen LogP contribution is 2.18. The molecule has 0 fully saturated rings.